The van der Waals surface area contributed by atoms with Crippen LogP contribution in [0.2, 0.25) is 0 Å². The number of ether oxygens (including phenoxy) is 1. The zero-order valence-corrected chi connectivity index (χ0v) is 14.5. The van der Waals surface area contributed by atoms with E-state index in [1.54, 1.807) is 0 Å². The summed E-state index contributed by atoms with van der Waals surface area (Å²) in [6.45, 7) is 2.09. The van der Waals surface area contributed by atoms with Crippen molar-refractivity contribution in [2.24, 2.45) is 0 Å². The first-order valence-corrected chi connectivity index (χ1v) is 8.38. The minimum atomic E-state index is -0.0963. The molecule has 3 N–H and O–H groups in total. The molecule has 3 aromatic rings. The largest absolute Gasteiger partial charge is 0.457 e. The first kappa shape index (κ1) is 17.5. The topological polar surface area (TPSA) is 62.4 Å². The van der Waals surface area contributed by atoms with Gasteiger partial charge < -0.3 is 15.5 Å². The van der Waals surface area contributed by atoms with Crippen LogP contribution < -0.4 is 20.9 Å². The van der Waals surface area contributed by atoms with E-state index in [0.29, 0.717) is 12.3 Å². The quantitative estimate of drug-likeness (QED) is 0.549. The molecule has 0 aromatic heterocycles. The summed E-state index contributed by atoms with van der Waals surface area (Å²) < 4.78 is 5.99. The average Bonchev–Trinajstić information content (AvgIpc) is 2.65. The number of hydrazine groups is 1. The van der Waals surface area contributed by atoms with Gasteiger partial charge in [-0.25, -0.2) is 5.43 Å². The second-order valence-corrected chi connectivity index (χ2v) is 5.76. The zero-order chi connectivity index (χ0) is 18.2. The first-order chi connectivity index (χ1) is 12.7. The summed E-state index contributed by atoms with van der Waals surface area (Å²) in [5.74, 6) is 1.39. The number of hydrogen-bond acceptors (Lipinski definition) is 4. The van der Waals surface area contributed by atoms with Crippen LogP contribution in [0.15, 0.2) is 78.9 Å². The van der Waals surface area contributed by atoms with Gasteiger partial charge in [-0.2, -0.15) is 0 Å². The summed E-state index contributed by atoms with van der Waals surface area (Å²) in [6.07, 6.45) is 0. The second-order valence-electron chi connectivity index (χ2n) is 5.76. The van der Waals surface area contributed by atoms with Crippen LogP contribution in [0.5, 0.6) is 11.5 Å². The number of hydrogen-bond donors (Lipinski definition) is 3. The molecule has 0 bridgehead atoms. The Bertz CT molecular complexity index is 849. The molecule has 0 aliphatic heterocycles. The number of benzene rings is 3. The maximum absolute atomic E-state index is 11.1. The van der Waals surface area contributed by atoms with Crippen LogP contribution in [0, 0.1) is 0 Å². The van der Waals surface area contributed by atoms with E-state index in [1.165, 1.54) is 6.92 Å². The van der Waals surface area contributed by atoms with Crippen LogP contribution in [0.25, 0.3) is 0 Å². The third-order valence-electron chi connectivity index (χ3n) is 3.66. The van der Waals surface area contributed by atoms with Crippen molar-refractivity contribution in [3.63, 3.8) is 0 Å². The van der Waals surface area contributed by atoms with Gasteiger partial charge in [0.2, 0.25) is 5.91 Å². The molecule has 0 saturated carbocycles. The highest BCUT2D eigenvalue weighted by molar-refractivity contribution is 5.88. The van der Waals surface area contributed by atoms with E-state index in [-0.39, 0.29) is 5.91 Å². The lowest BCUT2D eigenvalue weighted by Crippen LogP contribution is -2.21. The monoisotopic (exact) mass is 347 g/mol. The van der Waals surface area contributed by atoms with Crippen LogP contribution in [-0.2, 0) is 11.3 Å². The Balaban J connectivity index is 1.62. The molecule has 3 rings (SSSR count). The zero-order valence-electron chi connectivity index (χ0n) is 14.5. The van der Waals surface area contributed by atoms with Crippen LogP contribution in [0.1, 0.15) is 12.5 Å². The van der Waals surface area contributed by atoms with Gasteiger partial charge >= 0.3 is 0 Å². The van der Waals surface area contributed by atoms with Crippen molar-refractivity contribution in [1.82, 2.24) is 5.43 Å². The number of carbonyl (C=O) groups is 1. The molecule has 0 aliphatic rings. The normalized spacial score (nSPS) is 10.2. The Morgan fingerprint density at radius 2 is 1.54 bits per heavy atom. The highest BCUT2D eigenvalue weighted by atomic mass is 16.5. The van der Waals surface area contributed by atoms with Crippen molar-refractivity contribution < 1.29 is 9.53 Å². The van der Waals surface area contributed by atoms with E-state index >= 15 is 0 Å². The van der Waals surface area contributed by atoms with E-state index in [1.807, 2.05) is 78.9 Å². The summed E-state index contributed by atoms with van der Waals surface area (Å²) in [6, 6.07) is 25.1. The maximum Gasteiger partial charge on any atom is 0.221 e. The highest BCUT2D eigenvalue weighted by Gasteiger charge is 2.05. The van der Waals surface area contributed by atoms with Gasteiger partial charge in [0.15, 0.2) is 0 Å². The van der Waals surface area contributed by atoms with Crippen molar-refractivity contribution in [3.05, 3.63) is 84.4 Å². The molecule has 1 amide bonds. The Labute approximate surface area is 153 Å². The molecule has 0 saturated heterocycles. The van der Waals surface area contributed by atoms with Gasteiger partial charge in [-0.3, -0.25) is 4.79 Å². The molecule has 3 aromatic carbocycles. The Morgan fingerprint density at radius 1 is 0.846 bits per heavy atom. The molecular formula is C21H21N3O2. The fourth-order valence-corrected chi connectivity index (χ4v) is 2.45. The first-order valence-electron chi connectivity index (χ1n) is 8.38. The third kappa shape index (κ3) is 5.09. The predicted octanol–water partition coefficient (Wildman–Crippen LogP) is 4.55. The molecule has 0 atom stereocenters. The highest BCUT2D eigenvalue weighted by Crippen LogP contribution is 2.26. The fourth-order valence-electron chi connectivity index (χ4n) is 2.45. The standard InChI is InChI=1S/C21H21N3O2/c1-16(25)23-18-11-13-20(14-12-18)26-21-10-6-5-7-17(21)15-22-24-19-8-3-2-4-9-19/h2-14,22,24H,15H2,1H3,(H,23,25). The lowest BCUT2D eigenvalue weighted by Gasteiger charge is -2.13. The summed E-state index contributed by atoms with van der Waals surface area (Å²) in [4.78, 5) is 11.1. The van der Waals surface area contributed by atoms with Gasteiger partial charge in [0.05, 0.1) is 0 Å². The van der Waals surface area contributed by atoms with Gasteiger partial charge in [-0.15, -0.1) is 0 Å². The molecule has 5 nitrogen and oxygen atoms in total. The van der Waals surface area contributed by atoms with E-state index in [0.717, 1.165) is 22.7 Å². The third-order valence-corrected chi connectivity index (χ3v) is 3.66. The van der Waals surface area contributed by atoms with E-state index in [4.69, 9.17) is 4.74 Å². The van der Waals surface area contributed by atoms with Crippen molar-refractivity contribution in [3.8, 4) is 11.5 Å². The van der Waals surface area contributed by atoms with Crippen LogP contribution >= 0.6 is 0 Å². The van der Waals surface area contributed by atoms with Gasteiger partial charge in [0.25, 0.3) is 0 Å². The van der Waals surface area contributed by atoms with E-state index in [9.17, 15) is 4.79 Å². The molecule has 26 heavy (non-hydrogen) atoms. The summed E-state index contributed by atoms with van der Waals surface area (Å²) in [5, 5.41) is 2.74. The number of nitrogens with one attached hydrogen (secondary N) is 3. The smallest absolute Gasteiger partial charge is 0.221 e. The molecule has 0 radical (unpaired) electrons. The van der Waals surface area contributed by atoms with Crippen molar-refractivity contribution >= 4 is 17.3 Å². The minimum Gasteiger partial charge on any atom is -0.457 e. The van der Waals surface area contributed by atoms with Gasteiger partial charge in [-0.05, 0) is 42.5 Å². The number of carbonyl (C=O) groups excluding carboxylic acids is 1. The van der Waals surface area contributed by atoms with Crippen LogP contribution in [0.3, 0.4) is 0 Å². The summed E-state index contributed by atoms with van der Waals surface area (Å²) in [5.41, 5.74) is 9.13. The Kier molecular flexibility index (Phi) is 5.85. The van der Waals surface area contributed by atoms with Crippen molar-refractivity contribution in [1.29, 1.82) is 0 Å². The molecule has 5 heteroatoms. The summed E-state index contributed by atoms with van der Waals surface area (Å²) >= 11 is 0. The van der Waals surface area contributed by atoms with Crippen molar-refractivity contribution in [2.75, 3.05) is 10.7 Å². The minimum absolute atomic E-state index is 0.0963. The Hall–Kier alpha value is -3.31. The molecule has 0 unspecified atom stereocenters. The molecular weight excluding hydrogens is 326 g/mol. The molecule has 132 valence electrons. The van der Waals surface area contributed by atoms with Gasteiger partial charge in [0, 0.05) is 30.4 Å². The lowest BCUT2D eigenvalue weighted by atomic mass is 10.2. The molecule has 0 aliphatic carbocycles. The predicted molar refractivity (Wildman–Crippen MR) is 104 cm³/mol. The van der Waals surface area contributed by atoms with Gasteiger partial charge in [-0.1, -0.05) is 36.4 Å². The fraction of sp³-hybridized carbons (Fsp3) is 0.0952. The van der Waals surface area contributed by atoms with Crippen LogP contribution in [-0.4, -0.2) is 5.91 Å². The van der Waals surface area contributed by atoms with Crippen LogP contribution in [0.4, 0.5) is 11.4 Å². The number of amides is 1. The average molecular weight is 347 g/mol. The number of anilines is 2. The van der Waals surface area contributed by atoms with E-state index in [2.05, 4.69) is 16.2 Å². The SMILES string of the molecule is CC(=O)Nc1ccc(Oc2ccccc2CNNc2ccccc2)cc1. The molecule has 0 fully saturated rings. The van der Waals surface area contributed by atoms with Crippen molar-refractivity contribution in [2.45, 2.75) is 13.5 Å². The van der Waals surface area contributed by atoms with E-state index < -0.39 is 0 Å². The molecule has 0 spiro atoms. The molecule has 0 heterocycles. The summed E-state index contributed by atoms with van der Waals surface area (Å²) in [7, 11) is 0. The Morgan fingerprint density at radius 3 is 2.27 bits per heavy atom. The van der Waals surface area contributed by atoms with Gasteiger partial charge in [0.1, 0.15) is 11.5 Å². The maximum atomic E-state index is 11.1. The number of rotatable bonds is 7. The number of para-hydroxylation sites is 2. The second kappa shape index (κ2) is 8.69. The lowest BCUT2D eigenvalue weighted by molar-refractivity contribution is -0.114.